The largest absolute Gasteiger partial charge is 0.435 e. The second kappa shape index (κ2) is 13.2. The minimum atomic E-state index is -4.37. The van der Waals surface area contributed by atoms with Gasteiger partial charge < -0.3 is 15.4 Å². The number of nitrogens with zero attached hydrogens (tertiary/aromatic N) is 4. The molecule has 0 spiro atoms. The fourth-order valence-corrected chi connectivity index (χ4v) is 5.81. The van der Waals surface area contributed by atoms with Crippen LogP contribution in [0.2, 0.25) is 0 Å². The summed E-state index contributed by atoms with van der Waals surface area (Å²) in [4.78, 5) is 15.9. The van der Waals surface area contributed by atoms with Gasteiger partial charge in [-0.1, -0.05) is 24.3 Å². The van der Waals surface area contributed by atoms with Gasteiger partial charge in [-0.2, -0.15) is 4.39 Å². The van der Waals surface area contributed by atoms with Crippen molar-refractivity contribution < 1.29 is 30.7 Å². The molecule has 1 saturated heterocycles. The number of halogens is 4. The lowest BCUT2D eigenvalue weighted by molar-refractivity contribution is 0.282. The molecule has 44 heavy (non-hydrogen) atoms. The van der Waals surface area contributed by atoms with E-state index in [4.69, 9.17) is 11.3 Å². The van der Waals surface area contributed by atoms with E-state index in [0.717, 1.165) is 0 Å². The summed E-state index contributed by atoms with van der Waals surface area (Å²) in [7, 11) is -4.37. The second-order valence-electron chi connectivity index (χ2n) is 9.98. The highest BCUT2D eigenvalue weighted by atomic mass is 32.2. The number of piperidine rings is 1. The normalized spacial score (nSPS) is 16.6. The number of hydrogen-bond donors (Lipinski definition) is 3. The molecule has 0 bridgehead atoms. The van der Waals surface area contributed by atoms with Crippen LogP contribution in [0.5, 0.6) is 11.6 Å². The number of benzene rings is 2. The lowest BCUT2D eigenvalue weighted by atomic mass is 9.97. The Morgan fingerprint density at radius 2 is 1.84 bits per heavy atom. The Labute approximate surface area is 250 Å². The Hall–Kier alpha value is -4.81. The highest BCUT2D eigenvalue weighted by Gasteiger charge is 2.26. The molecule has 1 aliphatic heterocycles. The lowest BCUT2D eigenvalue weighted by Crippen LogP contribution is -2.44. The van der Waals surface area contributed by atoms with Crippen molar-refractivity contribution in [1.82, 2.24) is 20.3 Å². The van der Waals surface area contributed by atoms with Crippen LogP contribution in [0.4, 0.5) is 34.9 Å². The summed E-state index contributed by atoms with van der Waals surface area (Å²) in [5.41, 5.74) is -0.141. The van der Waals surface area contributed by atoms with E-state index in [1.807, 2.05) is 0 Å². The van der Waals surface area contributed by atoms with Gasteiger partial charge in [0.2, 0.25) is 27.7 Å². The van der Waals surface area contributed by atoms with Gasteiger partial charge >= 0.3 is 0 Å². The summed E-state index contributed by atoms with van der Waals surface area (Å²) in [5.74, 6) is -6.58. The predicted octanol–water partition coefficient (Wildman–Crippen LogP) is 5.60. The monoisotopic (exact) mass is 627 g/mol. The molecule has 2 aromatic carbocycles. The Balaban J connectivity index is 1.36. The van der Waals surface area contributed by atoms with Gasteiger partial charge in [0.25, 0.3) is 0 Å². The molecule has 0 aliphatic carbocycles. The molecular formula is C29H25F4N7O3S. The third-order valence-electron chi connectivity index (χ3n) is 6.71. The van der Waals surface area contributed by atoms with Gasteiger partial charge in [-0.3, -0.25) is 9.11 Å². The highest BCUT2D eigenvalue weighted by molar-refractivity contribution is 7.91. The first-order valence-electron chi connectivity index (χ1n) is 13.3. The standard InChI is InChI=1S/C29H25F4N7O3S/c1-34-19-6-4-17(5-7-19)16-44(41,42)40-27-22(31)12-24(25(32)26(27)33)43-28-21(3-2-9-36-28)23-8-10-37-29(39-23)38-20-11-18(13-30)14-35-15-20/h2-10,12,18,20,35,40H,11,13-16H2,(H,37,38,39)/t18-,20-/m0/s1. The number of sulfonamides is 1. The number of rotatable bonds is 10. The SMILES string of the molecule is [C-]#[N+]c1ccc(CS(=O)(=O)Nc2c(F)cc(Oc3ncccc3-c3ccnc(N[C@@H]4CNC[C@H](CF)C4)n3)c(F)c2F)cc1. The van der Waals surface area contributed by atoms with E-state index in [1.54, 1.807) is 16.9 Å². The third kappa shape index (κ3) is 7.21. The van der Waals surface area contributed by atoms with Crippen LogP contribution >= 0.6 is 0 Å². The molecular weight excluding hydrogens is 602 g/mol. The van der Waals surface area contributed by atoms with Gasteiger partial charge in [-0.25, -0.2) is 37.0 Å². The van der Waals surface area contributed by atoms with Crippen LogP contribution in [0, 0.1) is 29.9 Å². The fourth-order valence-electron chi connectivity index (χ4n) is 4.61. The zero-order valence-corrected chi connectivity index (χ0v) is 23.7. The van der Waals surface area contributed by atoms with E-state index < -0.39 is 51.3 Å². The highest BCUT2D eigenvalue weighted by Crippen LogP contribution is 2.36. The molecule has 1 fully saturated rings. The van der Waals surface area contributed by atoms with Crippen molar-refractivity contribution in [2.75, 3.05) is 29.8 Å². The molecule has 228 valence electrons. The van der Waals surface area contributed by atoms with Crippen LogP contribution in [0.15, 0.2) is 60.9 Å². The van der Waals surface area contributed by atoms with Crippen molar-refractivity contribution in [1.29, 1.82) is 0 Å². The smallest absolute Gasteiger partial charge is 0.237 e. The van der Waals surface area contributed by atoms with Crippen molar-refractivity contribution in [2.45, 2.75) is 18.2 Å². The maximum atomic E-state index is 15.1. The third-order valence-corrected chi connectivity index (χ3v) is 7.94. The molecule has 10 nitrogen and oxygen atoms in total. The van der Waals surface area contributed by atoms with Crippen LogP contribution in [-0.2, 0) is 15.8 Å². The first kappa shape index (κ1) is 30.6. The van der Waals surface area contributed by atoms with E-state index >= 15 is 8.78 Å². The van der Waals surface area contributed by atoms with Crippen LogP contribution in [0.1, 0.15) is 12.0 Å². The number of alkyl halides is 1. The van der Waals surface area contributed by atoms with Crippen molar-refractivity contribution in [3.05, 3.63) is 95.4 Å². The molecule has 0 amide bonds. The van der Waals surface area contributed by atoms with Crippen LogP contribution in [0.25, 0.3) is 16.1 Å². The van der Waals surface area contributed by atoms with E-state index in [1.165, 1.54) is 42.7 Å². The summed E-state index contributed by atoms with van der Waals surface area (Å²) in [5, 5.41) is 6.31. The molecule has 5 rings (SSSR count). The van der Waals surface area contributed by atoms with E-state index in [9.17, 15) is 17.2 Å². The Bertz CT molecular complexity index is 1800. The van der Waals surface area contributed by atoms with Gasteiger partial charge in [0.15, 0.2) is 23.1 Å². The molecule has 15 heteroatoms. The van der Waals surface area contributed by atoms with Crippen LogP contribution < -0.4 is 20.1 Å². The first-order chi connectivity index (χ1) is 21.2. The average Bonchev–Trinajstić information content (AvgIpc) is 3.02. The predicted molar refractivity (Wildman–Crippen MR) is 155 cm³/mol. The second-order valence-corrected chi connectivity index (χ2v) is 11.7. The molecule has 0 saturated carbocycles. The molecule has 0 unspecified atom stereocenters. The van der Waals surface area contributed by atoms with Gasteiger partial charge in [-0.05, 0) is 30.2 Å². The van der Waals surface area contributed by atoms with E-state index in [2.05, 4.69) is 30.4 Å². The summed E-state index contributed by atoms with van der Waals surface area (Å²) >= 11 is 0. The molecule has 2 aromatic heterocycles. The molecule has 2 atom stereocenters. The zero-order chi connectivity index (χ0) is 31.3. The van der Waals surface area contributed by atoms with Gasteiger partial charge in [0.1, 0.15) is 5.69 Å². The minimum absolute atomic E-state index is 0.120. The van der Waals surface area contributed by atoms with Crippen molar-refractivity contribution in [3.63, 3.8) is 0 Å². The number of hydrogen-bond acceptors (Lipinski definition) is 8. The Kier molecular flexibility index (Phi) is 9.21. The quantitative estimate of drug-likeness (QED) is 0.118. The fraction of sp³-hybridized carbons (Fsp3) is 0.241. The van der Waals surface area contributed by atoms with Gasteiger partial charge in [0, 0.05) is 43.5 Å². The van der Waals surface area contributed by atoms with Gasteiger partial charge in [0.05, 0.1) is 30.3 Å². The number of nitrogens with one attached hydrogen (secondary N) is 3. The van der Waals surface area contributed by atoms with Crippen molar-refractivity contribution in [2.24, 2.45) is 5.92 Å². The summed E-state index contributed by atoms with van der Waals surface area (Å²) in [6.07, 6.45) is 3.36. The van der Waals surface area contributed by atoms with Crippen molar-refractivity contribution >= 4 is 27.3 Å². The Morgan fingerprint density at radius 1 is 1.05 bits per heavy atom. The molecule has 4 aromatic rings. The average molecular weight is 628 g/mol. The Morgan fingerprint density at radius 3 is 2.59 bits per heavy atom. The molecule has 0 radical (unpaired) electrons. The van der Waals surface area contributed by atoms with Crippen LogP contribution in [-0.4, -0.2) is 49.2 Å². The topological polar surface area (TPSA) is 122 Å². The summed E-state index contributed by atoms with van der Waals surface area (Å²) in [6, 6.07) is 10.6. The zero-order valence-electron chi connectivity index (χ0n) is 22.9. The number of anilines is 2. The van der Waals surface area contributed by atoms with Crippen LogP contribution in [0.3, 0.4) is 0 Å². The molecule has 1 aliphatic rings. The van der Waals surface area contributed by atoms with Gasteiger partial charge in [-0.15, -0.1) is 0 Å². The summed E-state index contributed by atoms with van der Waals surface area (Å²) in [6.45, 7) is 7.67. The number of ether oxygens (including phenoxy) is 1. The maximum Gasteiger partial charge on any atom is 0.237 e. The van der Waals surface area contributed by atoms with E-state index in [0.29, 0.717) is 31.3 Å². The molecule has 3 heterocycles. The minimum Gasteiger partial charge on any atom is -0.435 e. The lowest BCUT2D eigenvalue weighted by Gasteiger charge is -2.29. The first-order valence-corrected chi connectivity index (χ1v) is 14.9. The number of aromatic nitrogens is 3. The molecule has 3 N–H and O–H groups in total. The maximum absolute atomic E-state index is 15.1. The number of pyridine rings is 1. The summed E-state index contributed by atoms with van der Waals surface area (Å²) < 4.78 is 90.7. The van der Waals surface area contributed by atoms with E-state index in [-0.39, 0.29) is 40.6 Å². The van der Waals surface area contributed by atoms with Crippen molar-refractivity contribution in [3.8, 4) is 22.9 Å².